The molecule has 2 saturated heterocycles. The zero-order valence-electron chi connectivity index (χ0n) is 11.4. The molecule has 0 aliphatic carbocycles. The van der Waals surface area contributed by atoms with E-state index in [9.17, 15) is 0 Å². The Balaban J connectivity index is 1.67. The normalized spacial score (nSPS) is 27.4. The summed E-state index contributed by atoms with van der Waals surface area (Å²) in [5, 5.41) is 3.54. The minimum atomic E-state index is 0.622. The predicted molar refractivity (Wildman–Crippen MR) is 77.0 cm³/mol. The molecule has 2 heteroatoms. The van der Waals surface area contributed by atoms with Crippen molar-refractivity contribution in [3.8, 4) is 0 Å². The number of anilines is 1. The first-order valence-electron chi connectivity index (χ1n) is 7.31. The van der Waals surface area contributed by atoms with Crippen molar-refractivity contribution in [3.05, 3.63) is 30.3 Å². The van der Waals surface area contributed by atoms with E-state index in [0.717, 1.165) is 5.92 Å². The van der Waals surface area contributed by atoms with Gasteiger partial charge in [-0.1, -0.05) is 25.1 Å². The summed E-state index contributed by atoms with van der Waals surface area (Å²) >= 11 is 0. The molecule has 2 fully saturated rings. The van der Waals surface area contributed by atoms with Gasteiger partial charge in [-0.25, -0.2) is 0 Å². The van der Waals surface area contributed by atoms with Crippen LogP contribution in [0.4, 0.5) is 5.69 Å². The second kappa shape index (κ2) is 4.93. The Morgan fingerprint density at radius 3 is 2.50 bits per heavy atom. The first-order chi connectivity index (χ1) is 8.80. The van der Waals surface area contributed by atoms with Crippen LogP contribution in [0.3, 0.4) is 0 Å². The summed E-state index contributed by atoms with van der Waals surface area (Å²) < 4.78 is 0. The molecule has 0 amide bonds. The van der Waals surface area contributed by atoms with Crippen LogP contribution in [-0.4, -0.2) is 26.2 Å². The summed E-state index contributed by atoms with van der Waals surface area (Å²) in [5.74, 6) is 0.837. The Kier molecular flexibility index (Phi) is 3.29. The van der Waals surface area contributed by atoms with Crippen LogP contribution in [-0.2, 0) is 0 Å². The van der Waals surface area contributed by atoms with Crippen LogP contribution in [0.15, 0.2) is 30.3 Å². The lowest BCUT2D eigenvalue weighted by Gasteiger charge is -2.49. The van der Waals surface area contributed by atoms with Gasteiger partial charge in [-0.05, 0) is 55.8 Å². The molecule has 1 unspecified atom stereocenters. The number of nitrogens with zero attached hydrogens (tertiary/aromatic N) is 1. The maximum Gasteiger partial charge on any atom is 0.0366 e. The van der Waals surface area contributed by atoms with Crippen molar-refractivity contribution in [1.29, 1.82) is 0 Å². The van der Waals surface area contributed by atoms with Crippen molar-refractivity contribution >= 4 is 5.69 Å². The van der Waals surface area contributed by atoms with Gasteiger partial charge in [-0.3, -0.25) is 0 Å². The van der Waals surface area contributed by atoms with Crippen LogP contribution >= 0.6 is 0 Å². The average Bonchev–Trinajstić information content (AvgIpc) is 2.44. The third-order valence-corrected chi connectivity index (χ3v) is 5.18. The number of para-hydroxylation sites is 1. The molecule has 0 aromatic heterocycles. The number of nitrogens with one attached hydrogen (secondary N) is 1. The van der Waals surface area contributed by atoms with Crippen molar-refractivity contribution in [1.82, 2.24) is 5.32 Å². The standard InChI is InChI=1S/C16H24N2/c1-14-13-17-10-7-16(14)8-11-18(12-9-16)15-5-3-2-4-6-15/h2-6,14,17H,7-13H2,1H3. The first kappa shape index (κ1) is 12.0. The molecule has 1 aromatic carbocycles. The quantitative estimate of drug-likeness (QED) is 0.817. The molecule has 2 aliphatic rings. The van der Waals surface area contributed by atoms with Gasteiger partial charge in [0.15, 0.2) is 0 Å². The van der Waals surface area contributed by atoms with Crippen LogP contribution in [0.25, 0.3) is 0 Å². The molecule has 1 spiro atoms. The highest BCUT2D eigenvalue weighted by Crippen LogP contribution is 2.43. The van der Waals surface area contributed by atoms with Gasteiger partial charge in [-0.15, -0.1) is 0 Å². The summed E-state index contributed by atoms with van der Waals surface area (Å²) in [7, 11) is 0. The van der Waals surface area contributed by atoms with Crippen LogP contribution in [0.5, 0.6) is 0 Å². The van der Waals surface area contributed by atoms with Crippen LogP contribution in [0, 0.1) is 11.3 Å². The van der Waals surface area contributed by atoms with E-state index >= 15 is 0 Å². The number of hydrogen-bond acceptors (Lipinski definition) is 2. The highest BCUT2D eigenvalue weighted by atomic mass is 15.1. The number of piperidine rings is 2. The topological polar surface area (TPSA) is 15.3 Å². The fraction of sp³-hybridized carbons (Fsp3) is 0.625. The lowest BCUT2D eigenvalue weighted by atomic mass is 9.65. The summed E-state index contributed by atoms with van der Waals surface area (Å²) in [6.45, 7) is 7.33. The zero-order chi connectivity index (χ0) is 12.4. The van der Waals surface area contributed by atoms with Crippen molar-refractivity contribution in [2.45, 2.75) is 26.2 Å². The van der Waals surface area contributed by atoms with Gasteiger partial charge in [-0.2, -0.15) is 0 Å². The van der Waals surface area contributed by atoms with E-state index in [1.807, 2.05) is 0 Å². The minimum Gasteiger partial charge on any atom is -0.371 e. The first-order valence-corrected chi connectivity index (χ1v) is 7.31. The van der Waals surface area contributed by atoms with Gasteiger partial charge >= 0.3 is 0 Å². The Morgan fingerprint density at radius 1 is 1.11 bits per heavy atom. The van der Waals surface area contributed by atoms with Gasteiger partial charge in [0, 0.05) is 18.8 Å². The minimum absolute atomic E-state index is 0.622. The maximum atomic E-state index is 3.54. The van der Waals surface area contributed by atoms with E-state index in [1.165, 1.54) is 51.1 Å². The van der Waals surface area contributed by atoms with E-state index in [0.29, 0.717) is 5.41 Å². The Labute approximate surface area is 110 Å². The third kappa shape index (κ3) is 2.14. The van der Waals surface area contributed by atoms with Crippen molar-refractivity contribution in [2.24, 2.45) is 11.3 Å². The van der Waals surface area contributed by atoms with Crippen molar-refractivity contribution < 1.29 is 0 Å². The Morgan fingerprint density at radius 2 is 1.83 bits per heavy atom. The lowest BCUT2D eigenvalue weighted by Crippen LogP contribution is -2.50. The Hall–Kier alpha value is -1.02. The lowest BCUT2D eigenvalue weighted by molar-refractivity contribution is 0.0865. The maximum absolute atomic E-state index is 3.54. The molecule has 2 nitrogen and oxygen atoms in total. The molecule has 1 atom stereocenters. The van der Waals surface area contributed by atoms with Gasteiger partial charge in [0.1, 0.15) is 0 Å². The monoisotopic (exact) mass is 244 g/mol. The average molecular weight is 244 g/mol. The summed E-state index contributed by atoms with van der Waals surface area (Å²) in [5.41, 5.74) is 2.02. The van der Waals surface area contributed by atoms with Crippen LogP contribution in [0.2, 0.25) is 0 Å². The predicted octanol–water partition coefficient (Wildman–Crippen LogP) is 2.90. The van der Waals surface area contributed by atoms with Gasteiger partial charge < -0.3 is 10.2 Å². The van der Waals surface area contributed by atoms with Gasteiger partial charge in [0.05, 0.1) is 0 Å². The molecule has 0 radical (unpaired) electrons. The van der Waals surface area contributed by atoms with Crippen LogP contribution < -0.4 is 10.2 Å². The smallest absolute Gasteiger partial charge is 0.0366 e. The molecule has 0 bridgehead atoms. The van der Waals surface area contributed by atoms with E-state index in [1.54, 1.807) is 0 Å². The van der Waals surface area contributed by atoms with Gasteiger partial charge in [0.2, 0.25) is 0 Å². The van der Waals surface area contributed by atoms with E-state index in [-0.39, 0.29) is 0 Å². The molecule has 1 N–H and O–H groups in total. The molecule has 3 rings (SSSR count). The second-order valence-electron chi connectivity index (χ2n) is 6.04. The van der Waals surface area contributed by atoms with E-state index < -0.39 is 0 Å². The second-order valence-corrected chi connectivity index (χ2v) is 6.04. The highest BCUT2D eigenvalue weighted by Gasteiger charge is 2.40. The molecular weight excluding hydrogens is 220 g/mol. The number of benzene rings is 1. The van der Waals surface area contributed by atoms with Gasteiger partial charge in [0.25, 0.3) is 0 Å². The van der Waals surface area contributed by atoms with Crippen LogP contribution in [0.1, 0.15) is 26.2 Å². The summed E-state index contributed by atoms with van der Waals surface area (Å²) in [4.78, 5) is 2.56. The molecule has 0 saturated carbocycles. The fourth-order valence-electron chi connectivity index (χ4n) is 3.71. The fourth-order valence-corrected chi connectivity index (χ4v) is 3.71. The summed E-state index contributed by atoms with van der Waals surface area (Å²) in [6, 6.07) is 10.9. The van der Waals surface area contributed by atoms with Crippen molar-refractivity contribution in [3.63, 3.8) is 0 Å². The molecule has 98 valence electrons. The SMILES string of the molecule is CC1CNCCC12CCN(c1ccccc1)CC2. The van der Waals surface area contributed by atoms with E-state index in [2.05, 4.69) is 47.5 Å². The highest BCUT2D eigenvalue weighted by molar-refractivity contribution is 5.46. The zero-order valence-corrected chi connectivity index (χ0v) is 11.4. The van der Waals surface area contributed by atoms with Crippen molar-refractivity contribution in [2.75, 3.05) is 31.1 Å². The molecule has 2 aliphatic heterocycles. The molecular formula is C16H24N2. The third-order valence-electron chi connectivity index (χ3n) is 5.18. The molecule has 2 heterocycles. The molecule has 18 heavy (non-hydrogen) atoms. The number of rotatable bonds is 1. The summed E-state index contributed by atoms with van der Waals surface area (Å²) in [6.07, 6.45) is 4.10. The van der Waals surface area contributed by atoms with E-state index in [4.69, 9.17) is 0 Å². The molecule has 1 aromatic rings. The Bertz CT molecular complexity index is 379. The number of hydrogen-bond donors (Lipinski definition) is 1. The largest absolute Gasteiger partial charge is 0.371 e.